The lowest BCUT2D eigenvalue weighted by Gasteiger charge is -2.18. The van der Waals surface area contributed by atoms with E-state index in [2.05, 4.69) is 10.1 Å². The van der Waals surface area contributed by atoms with Crippen LogP contribution < -0.4 is 14.8 Å². The van der Waals surface area contributed by atoms with Gasteiger partial charge in [-0.3, -0.25) is 9.59 Å². The van der Waals surface area contributed by atoms with Gasteiger partial charge in [-0.2, -0.15) is 0 Å². The number of rotatable bonds is 5. The lowest BCUT2D eigenvalue weighted by atomic mass is 10.2. The molecule has 19 heavy (non-hydrogen) atoms. The Hall–Kier alpha value is -2.24. The number of hydrogen-bond acceptors (Lipinski definition) is 5. The third-order valence-electron chi connectivity index (χ3n) is 2.61. The van der Waals surface area contributed by atoms with Gasteiger partial charge in [0.05, 0.1) is 19.4 Å². The van der Waals surface area contributed by atoms with E-state index < -0.39 is 0 Å². The van der Waals surface area contributed by atoms with Crippen molar-refractivity contribution in [1.82, 2.24) is 0 Å². The molecule has 1 aliphatic rings. The minimum atomic E-state index is -0.255. The SMILES string of the molecule is COC(=O)CCCOc1ccc2c(c1)NC(=O)CO2. The summed E-state index contributed by atoms with van der Waals surface area (Å²) in [5, 5.41) is 2.70. The van der Waals surface area contributed by atoms with Crippen LogP contribution in [-0.4, -0.2) is 32.2 Å². The molecule has 0 saturated heterocycles. The normalized spacial score (nSPS) is 13.0. The molecule has 0 fully saturated rings. The van der Waals surface area contributed by atoms with Crippen molar-refractivity contribution in [2.24, 2.45) is 0 Å². The topological polar surface area (TPSA) is 73.9 Å². The molecule has 0 saturated carbocycles. The maximum absolute atomic E-state index is 11.2. The summed E-state index contributed by atoms with van der Waals surface area (Å²) < 4.78 is 15.3. The lowest BCUT2D eigenvalue weighted by Crippen LogP contribution is -2.25. The molecule has 0 unspecified atom stereocenters. The van der Waals surface area contributed by atoms with Crippen LogP contribution in [0, 0.1) is 0 Å². The van der Waals surface area contributed by atoms with Gasteiger partial charge in [-0.05, 0) is 18.6 Å². The van der Waals surface area contributed by atoms with Gasteiger partial charge in [0.1, 0.15) is 11.5 Å². The Labute approximate surface area is 110 Å². The number of esters is 1. The zero-order chi connectivity index (χ0) is 13.7. The Bertz CT molecular complexity index is 486. The first-order chi connectivity index (χ1) is 9.19. The van der Waals surface area contributed by atoms with E-state index in [0.717, 1.165) is 0 Å². The van der Waals surface area contributed by atoms with Crippen LogP contribution in [0.3, 0.4) is 0 Å². The number of fused-ring (bicyclic) bond motifs is 1. The molecule has 1 aromatic carbocycles. The quantitative estimate of drug-likeness (QED) is 0.642. The second-order valence-electron chi connectivity index (χ2n) is 4.02. The minimum Gasteiger partial charge on any atom is -0.493 e. The van der Waals surface area contributed by atoms with Crippen molar-refractivity contribution in [1.29, 1.82) is 0 Å². The molecule has 6 heteroatoms. The van der Waals surface area contributed by atoms with E-state index in [0.29, 0.717) is 36.6 Å². The molecular formula is C13H15NO5. The van der Waals surface area contributed by atoms with E-state index in [1.54, 1.807) is 18.2 Å². The lowest BCUT2D eigenvalue weighted by molar-refractivity contribution is -0.140. The fraction of sp³-hybridized carbons (Fsp3) is 0.385. The molecule has 1 aliphatic heterocycles. The number of benzene rings is 1. The summed E-state index contributed by atoms with van der Waals surface area (Å²) in [4.78, 5) is 22.1. The number of anilines is 1. The van der Waals surface area contributed by atoms with Gasteiger partial charge in [-0.15, -0.1) is 0 Å². The summed E-state index contributed by atoms with van der Waals surface area (Å²) in [6.45, 7) is 0.440. The molecule has 1 N–H and O–H groups in total. The van der Waals surface area contributed by atoms with Crippen LogP contribution in [0.1, 0.15) is 12.8 Å². The van der Waals surface area contributed by atoms with E-state index in [4.69, 9.17) is 9.47 Å². The maximum Gasteiger partial charge on any atom is 0.305 e. The van der Waals surface area contributed by atoms with E-state index in [1.165, 1.54) is 7.11 Å². The molecule has 0 aliphatic carbocycles. The van der Waals surface area contributed by atoms with Crippen LogP contribution in [0.5, 0.6) is 11.5 Å². The fourth-order valence-corrected chi connectivity index (χ4v) is 1.66. The van der Waals surface area contributed by atoms with E-state index in [9.17, 15) is 9.59 Å². The van der Waals surface area contributed by atoms with Gasteiger partial charge in [0.2, 0.25) is 0 Å². The van der Waals surface area contributed by atoms with Crippen molar-refractivity contribution >= 4 is 17.6 Å². The number of amides is 1. The molecule has 6 nitrogen and oxygen atoms in total. The summed E-state index contributed by atoms with van der Waals surface area (Å²) in [5.41, 5.74) is 0.599. The molecule has 2 rings (SSSR count). The molecule has 1 amide bonds. The number of carbonyl (C=O) groups excluding carboxylic acids is 2. The number of nitrogens with one attached hydrogen (secondary N) is 1. The smallest absolute Gasteiger partial charge is 0.305 e. The van der Waals surface area contributed by atoms with Crippen LogP contribution in [0.2, 0.25) is 0 Å². The molecule has 1 aromatic rings. The highest BCUT2D eigenvalue weighted by Gasteiger charge is 2.16. The van der Waals surface area contributed by atoms with Crippen LogP contribution in [0.15, 0.2) is 18.2 Å². The predicted molar refractivity (Wildman–Crippen MR) is 67.3 cm³/mol. The van der Waals surface area contributed by atoms with Crippen LogP contribution in [-0.2, 0) is 14.3 Å². The first-order valence-electron chi connectivity index (χ1n) is 5.95. The summed E-state index contributed by atoms with van der Waals surface area (Å²) >= 11 is 0. The van der Waals surface area contributed by atoms with Crippen molar-refractivity contribution in [3.63, 3.8) is 0 Å². The number of ether oxygens (including phenoxy) is 3. The Morgan fingerprint density at radius 2 is 2.32 bits per heavy atom. The zero-order valence-corrected chi connectivity index (χ0v) is 10.6. The number of carbonyl (C=O) groups is 2. The van der Waals surface area contributed by atoms with E-state index in [-0.39, 0.29) is 18.5 Å². The third-order valence-corrected chi connectivity index (χ3v) is 2.61. The van der Waals surface area contributed by atoms with Gasteiger partial charge in [0.25, 0.3) is 5.91 Å². The van der Waals surface area contributed by atoms with Gasteiger partial charge >= 0.3 is 5.97 Å². The zero-order valence-electron chi connectivity index (χ0n) is 10.6. The van der Waals surface area contributed by atoms with Gasteiger partial charge in [-0.25, -0.2) is 0 Å². The fourth-order valence-electron chi connectivity index (χ4n) is 1.66. The van der Waals surface area contributed by atoms with Crippen LogP contribution >= 0.6 is 0 Å². The van der Waals surface area contributed by atoms with Crippen molar-refractivity contribution in [2.75, 3.05) is 25.6 Å². The van der Waals surface area contributed by atoms with Crippen molar-refractivity contribution in [3.05, 3.63) is 18.2 Å². The molecule has 1 heterocycles. The second-order valence-corrected chi connectivity index (χ2v) is 4.02. The Morgan fingerprint density at radius 1 is 1.47 bits per heavy atom. The Kier molecular flexibility index (Phi) is 4.22. The second kappa shape index (κ2) is 6.08. The molecule has 102 valence electrons. The molecule has 0 bridgehead atoms. The molecule has 0 spiro atoms. The van der Waals surface area contributed by atoms with Crippen LogP contribution in [0.4, 0.5) is 5.69 Å². The summed E-state index contributed by atoms with van der Waals surface area (Å²) in [6.07, 6.45) is 0.897. The van der Waals surface area contributed by atoms with Crippen LogP contribution in [0.25, 0.3) is 0 Å². The van der Waals surface area contributed by atoms with E-state index >= 15 is 0 Å². The van der Waals surface area contributed by atoms with Gasteiger partial charge in [0, 0.05) is 12.5 Å². The molecule has 0 radical (unpaired) electrons. The van der Waals surface area contributed by atoms with Gasteiger partial charge in [0.15, 0.2) is 6.61 Å². The summed E-state index contributed by atoms with van der Waals surface area (Å²) in [7, 11) is 1.36. The summed E-state index contributed by atoms with van der Waals surface area (Å²) in [6, 6.07) is 5.20. The minimum absolute atomic E-state index is 0.0341. The third kappa shape index (κ3) is 3.61. The van der Waals surface area contributed by atoms with Crippen molar-refractivity contribution < 1.29 is 23.8 Å². The average Bonchev–Trinajstić information content (AvgIpc) is 2.42. The van der Waals surface area contributed by atoms with Crippen molar-refractivity contribution in [3.8, 4) is 11.5 Å². The average molecular weight is 265 g/mol. The van der Waals surface area contributed by atoms with Gasteiger partial charge < -0.3 is 19.5 Å². The first kappa shape index (κ1) is 13.2. The highest BCUT2D eigenvalue weighted by atomic mass is 16.5. The maximum atomic E-state index is 11.2. The monoisotopic (exact) mass is 265 g/mol. The molecule has 0 aromatic heterocycles. The highest BCUT2D eigenvalue weighted by molar-refractivity contribution is 5.95. The predicted octanol–water partition coefficient (Wildman–Crippen LogP) is 1.35. The largest absolute Gasteiger partial charge is 0.493 e. The van der Waals surface area contributed by atoms with E-state index in [1.807, 2.05) is 0 Å². The first-order valence-corrected chi connectivity index (χ1v) is 5.95. The molecular weight excluding hydrogens is 250 g/mol. The van der Waals surface area contributed by atoms with Gasteiger partial charge in [-0.1, -0.05) is 0 Å². The standard InChI is InChI=1S/C13H15NO5/c1-17-13(16)3-2-6-18-9-4-5-11-10(7-9)14-12(15)8-19-11/h4-5,7H,2-3,6,8H2,1H3,(H,14,15). The Morgan fingerprint density at radius 3 is 3.11 bits per heavy atom. The highest BCUT2D eigenvalue weighted by Crippen LogP contribution is 2.31. The number of hydrogen-bond donors (Lipinski definition) is 1. The Balaban J connectivity index is 1.86. The summed E-state index contributed by atoms with van der Waals surface area (Å²) in [5.74, 6) is 0.806. The number of methoxy groups -OCH3 is 1. The molecule has 0 atom stereocenters. The van der Waals surface area contributed by atoms with Crippen molar-refractivity contribution in [2.45, 2.75) is 12.8 Å².